The van der Waals surface area contributed by atoms with Crippen molar-refractivity contribution in [1.29, 1.82) is 0 Å². The summed E-state index contributed by atoms with van der Waals surface area (Å²) in [5.41, 5.74) is 1.28. The highest BCUT2D eigenvalue weighted by Gasteiger charge is 1.96. The molecule has 0 atom stereocenters. The molecule has 0 aliphatic rings. The number of unbranched alkanes of at least 4 members (excludes halogenated alkanes) is 9. The van der Waals surface area contributed by atoms with E-state index in [1.165, 1.54) is 56.9 Å². The molecular weight excluding hydrogens is 272 g/mol. The molecule has 1 aromatic rings. The Labute approximate surface area is 135 Å². The van der Waals surface area contributed by atoms with E-state index in [0.29, 0.717) is 6.42 Å². The molecule has 0 aliphatic heterocycles. The summed E-state index contributed by atoms with van der Waals surface area (Å²) in [5.74, 6) is -0.665. The van der Waals surface area contributed by atoms with Crippen molar-refractivity contribution >= 4 is 12.0 Å². The fourth-order valence-electron chi connectivity index (χ4n) is 2.56. The fourth-order valence-corrected chi connectivity index (χ4v) is 2.56. The van der Waals surface area contributed by atoms with Crippen LogP contribution in [-0.2, 0) is 4.79 Å². The third kappa shape index (κ3) is 11.1. The highest BCUT2D eigenvalue weighted by Crippen LogP contribution is 2.12. The van der Waals surface area contributed by atoms with Gasteiger partial charge in [-0.3, -0.25) is 4.79 Å². The van der Waals surface area contributed by atoms with E-state index in [0.717, 1.165) is 12.8 Å². The van der Waals surface area contributed by atoms with E-state index >= 15 is 0 Å². The van der Waals surface area contributed by atoms with E-state index in [2.05, 4.69) is 36.4 Å². The van der Waals surface area contributed by atoms with Gasteiger partial charge in [-0.25, -0.2) is 0 Å². The molecule has 1 aromatic carbocycles. The summed E-state index contributed by atoms with van der Waals surface area (Å²) in [6.07, 6.45) is 16.9. The molecule has 0 saturated heterocycles. The minimum atomic E-state index is -0.665. The van der Waals surface area contributed by atoms with Gasteiger partial charge in [0.25, 0.3) is 0 Å². The molecule has 0 saturated carbocycles. The van der Waals surface area contributed by atoms with Gasteiger partial charge in [0, 0.05) is 6.42 Å². The molecule has 0 aromatic heterocycles. The maximum atomic E-state index is 10.4. The Hall–Kier alpha value is -1.57. The molecule has 22 heavy (non-hydrogen) atoms. The van der Waals surface area contributed by atoms with Gasteiger partial charge in [0.05, 0.1) is 0 Å². The first-order valence-corrected chi connectivity index (χ1v) is 8.72. The summed E-state index contributed by atoms with van der Waals surface area (Å²) >= 11 is 0. The number of carbonyl (C=O) groups is 1. The minimum absolute atomic E-state index is 0.330. The normalized spacial score (nSPS) is 11.1. The Morgan fingerprint density at radius 2 is 1.36 bits per heavy atom. The molecule has 0 aliphatic carbocycles. The fraction of sp³-hybridized carbons (Fsp3) is 0.550. The number of hydrogen-bond acceptors (Lipinski definition) is 1. The van der Waals surface area contributed by atoms with E-state index in [-0.39, 0.29) is 0 Å². The number of carboxylic acid groups (broad SMARTS) is 1. The SMILES string of the molecule is O=C(O)CCCCCCCCCCCC=Cc1ccccc1. The zero-order valence-electron chi connectivity index (χ0n) is 13.7. The molecule has 0 spiro atoms. The third-order valence-corrected chi connectivity index (χ3v) is 3.87. The van der Waals surface area contributed by atoms with Gasteiger partial charge in [0.2, 0.25) is 0 Å². The smallest absolute Gasteiger partial charge is 0.303 e. The zero-order valence-corrected chi connectivity index (χ0v) is 13.7. The molecule has 1 rings (SSSR count). The largest absolute Gasteiger partial charge is 0.481 e. The van der Waals surface area contributed by atoms with Gasteiger partial charge in [-0.2, -0.15) is 0 Å². The maximum Gasteiger partial charge on any atom is 0.303 e. The minimum Gasteiger partial charge on any atom is -0.481 e. The van der Waals surface area contributed by atoms with Crippen molar-refractivity contribution in [1.82, 2.24) is 0 Å². The summed E-state index contributed by atoms with van der Waals surface area (Å²) in [5, 5.41) is 8.53. The highest BCUT2D eigenvalue weighted by atomic mass is 16.4. The van der Waals surface area contributed by atoms with Crippen molar-refractivity contribution in [2.75, 3.05) is 0 Å². The monoisotopic (exact) mass is 302 g/mol. The van der Waals surface area contributed by atoms with Crippen LogP contribution in [0, 0.1) is 0 Å². The van der Waals surface area contributed by atoms with Gasteiger partial charge in [0.1, 0.15) is 0 Å². The van der Waals surface area contributed by atoms with Gasteiger partial charge < -0.3 is 5.11 Å². The number of carboxylic acids is 1. The summed E-state index contributed by atoms with van der Waals surface area (Å²) in [6, 6.07) is 10.5. The van der Waals surface area contributed by atoms with Crippen LogP contribution < -0.4 is 0 Å². The average Bonchev–Trinajstić information content (AvgIpc) is 2.52. The van der Waals surface area contributed by atoms with Crippen molar-refractivity contribution in [2.45, 2.75) is 70.6 Å². The number of hydrogen-bond donors (Lipinski definition) is 1. The van der Waals surface area contributed by atoms with Gasteiger partial charge >= 0.3 is 5.97 Å². The number of rotatable bonds is 13. The molecule has 2 nitrogen and oxygen atoms in total. The van der Waals surface area contributed by atoms with Crippen LogP contribution in [0.2, 0.25) is 0 Å². The quantitative estimate of drug-likeness (QED) is 0.449. The lowest BCUT2D eigenvalue weighted by molar-refractivity contribution is -0.137. The maximum absolute atomic E-state index is 10.4. The molecule has 1 N–H and O–H groups in total. The average molecular weight is 302 g/mol. The van der Waals surface area contributed by atoms with Crippen LogP contribution in [-0.4, -0.2) is 11.1 Å². The molecule has 0 bridgehead atoms. The number of allylic oxidation sites excluding steroid dienone is 1. The topological polar surface area (TPSA) is 37.3 Å². The molecule has 0 unspecified atom stereocenters. The third-order valence-electron chi connectivity index (χ3n) is 3.87. The Morgan fingerprint density at radius 3 is 1.95 bits per heavy atom. The predicted molar refractivity (Wildman–Crippen MR) is 93.9 cm³/mol. The van der Waals surface area contributed by atoms with Gasteiger partial charge in [0.15, 0.2) is 0 Å². The van der Waals surface area contributed by atoms with Crippen LogP contribution in [0.5, 0.6) is 0 Å². The van der Waals surface area contributed by atoms with E-state index in [4.69, 9.17) is 5.11 Å². The molecule has 0 fully saturated rings. The zero-order chi connectivity index (χ0) is 15.9. The van der Waals surface area contributed by atoms with Gasteiger partial charge in [-0.1, -0.05) is 87.4 Å². The second kappa shape index (κ2) is 13.1. The first kappa shape index (κ1) is 18.5. The van der Waals surface area contributed by atoms with Gasteiger partial charge in [-0.15, -0.1) is 0 Å². The summed E-state index contributed by atoms with van der Waals surface area (Å²) < 4.78 is 0. The van der Waals surface area contributed by atoms with Crippen molar-refractivity contribution in [3.05, 3.63) is 42.0 Å². The number of aliphatic carboxylic acids is 1. The van der Waals surface area contributed by atoms with Crippen LogP contribution in [0.1, 0.15) is 76.2 Å². The van der Waals surface area contributed by atoms with Crippen LogP contribution in [0.15, 0.2) is 36.4 Å². The first-order chi connectivity index (χ1) is 10.8. The summed E-state index contributed by atoms with van der Waals surface area (Å²) in [7, 11) is 0. The van der Waals surface area contributed by atoms with Crippen molar-refractivity contribution in [3.8, 4) is 0 Å². The van der Waals surface area contributed by atoms with E-state index in [1.807, 2.05) is 6.07 Å². The standard InChI is InChI=1S/C20H30O2/c21-20(22)18-14-9-7-5-3-1-2-4-6-8-11-15-19-16-12-10-13-17-19/h10-13,15-17H,1-9,14,18H2,(H,21,22). The molecule has 0 heterocycles. The lowest BCUT2D eigenvalue weighted by atomic mass is 10.1. The molecular formula is C20H30O2. The van der Waals surface area contributed by atoms with Crippen LogP contribution in [0.3, 0.4) is 0 Å². The summed E-state index contributed by atoms with van der Waals surface area (Å²) in [4.78, 5) is 10.4. The Morgan fingerprint density at radius 1 is 0.818 bits per heavy atom. The Bertz CT molecular complexity index is 409. The molecule has 0 radical (unpaired) electrons. The van der Waals surface area contributed by atoms with Crippen LogP contribution >= 0.6 is 0 Å². The second-order valence-electron chi connectivity index (χ2n) is 5.93. The lowest BCUT2D eigenvalue weighted by Crippen LogP contribution is -1.93. The van der Waals surface area contributed by atoms with Crippen LogP contribution in [0.25, 0.3) is 6.08 Å². The molecule has 0 amide bonds. The van der Waals surface area contributed by atoms with Crippen molar-refractivity contribution in [2.24, 2.45) is 0 Å². The molecule has 2 heteroatoms. The second-order valence-corrected chi connectivity index (χ2v) is 5.93. The Balaban J connectivity index is 1.82. The van der Waals surface area contributed by atoms with Crippen molar-refractivity contribution < 1.29 is 9.90 Å². The van der Waals surface area contributed by atoms with E-state index < -0.39 is 5.97 Å². The highest BCUT2D eigenvalue weighted by molar-refractivity contribution is 5.66. The first-order valence-electron chi connectivity index (χ1n) is 8.72. The van der Waals surface area contributed by atoms with Crippen molar-refractivity contribution in [3.63, 3.8) is 0 Å². The lowest BCUT2D eigenvalue weighted by Gasteiger charge is -2.01. The number of benzene rings is 1. The molecule has 122 valence electrons. The van der Waals surface area contributed by atoms with Crippen LogP contribution in [0.4, 0.5) is 0 Å². The van der Waals surface area contributed by atoms with E-state index in [1.54, 1.807) is 0 Å². The van der Waals surface area contributed by atoms with E-state index in [9.17, 15) is 4.79 Å². The summed E-state index contributed by atoms with van der Waals surface area (Å²) in [6.45, 7) is 0. The van der Waals surface area contributed by atoms with Gasteiger partial charge in [-0.05, 0) is 24.8 Å². The Kier molecular flexibility index (Phi) is 11.0. The predicted octanol–water partition coefficient (Wildman–Crippen LogP) is 6.08.